The number of sulfone groups is 1. The molecular weight excluding hydrogens is 325 g/mol. The lowest BCUT2D eigenvalue weighted by molar-refractivity contribution is 0.0765. The fourth-order valence-corrected chi connectivity index (χ4v) is 3.31. The molecule has 1 aliphatic heterocycles. The van der Waals surface area contributed by atoms with Gasteiger partial charge in [0, 0.05) is 17.6 Å². The molecule has 7 heteroatoms. The topological polar surface area (TPSA) is 54.5 Å². The second-order valence-corrected chi connectivity index (χ2v) is 7.29. The second-order valence-electron chi connectivity index (χ2n) is 4.07. The van der Waals surface area contributed by atoms with Gasteiger partial charge in [0.25, 0.3) is 5.91 Å². The molecule has 1 aromatic rings. The standard InChI is InChI=1S/C11H11BrFNO3S/c12-8-1-2-10(13)9(7-8)11(15)14-3-5-18(16,17)6-4-14/h1-2,7H,3-6H2. The monoisotopic (exact) mass is 335 g/mol. The summed E-state index contributed by atoms with van der Waals surface area (Å²) in [4.78, 5) is 13.4. The molecule has 18 heavy (non-hydrogen) atoms. The largest absolute Gasteiger partial charge is 0.337 e. The Morgan fingerprint density at radius 3 is 2.50 bits per heavy atom. The lowest BCUT2D eigenvalue weighted by Crippen LogP contribution is -2.44. The maximum absolute atomic E-state index is 13.5. The van der Waals surface area contributed by atoms with Gasteiger partial charge in [-0.15, -0.1) is 0 Å². The third kappa shape index (κ3) is 2.89. The third-order valence-corrected chi connectivity index (χ3v) is 4.89. The fourth-order valence-electron chi connectivity index (χ4n) is 1.75. The van der Waals surface area contributed by atoms with E-state index in [9.17, 15) is 17.6 Å². The molecule has 98 valence electrons. The highest BCUT2D eigenvalue weighted by Crippen LogP contribution is 2.18. The maximum Gasteiger partial charge on any atom is 0.256 e. The molecule has 0 saturated carbocycles. The second kappa shape index (κ2) is 4.97. The summed E-state index contributed by atoms with van der Waals surface area (Å²) in [6.45, 7) is 0.236. The molecule has 0 spiro atoms. The van der Waals surface area contributed by atoms with E-state index in [1.807, 2.05) is 0 Å². The molecule has 0 N–H and O–H groups in total. The van der Waals surface area contributed by atoms with Gasteiger partial charge in [0.2, 0.25) is 0 Å². The van der Waals surface area contributed by atoms with Gasteiger partial charge in [0.1, 0.15) is 5.82 Å². The highest BCUT2D eigenvalue weighted by Gasteiger charge is 2.27. The summed E-state index contributed by atoms with van der Waals surface area (Å²) in [5.74, 6) is -1.19. The molecule has 1 fully saturated rings. The third-order valence-electron chi connectivity index (χ3n) is 2.79. The minimum atomic E-state index is -3.05. The smallest absolute Gasteiger partial charge is 0.256 e. The Morgan fingerprint density at radius 2 is 1.89 bits per heavy atom. The number of halogens is 2. The normalized spacial score (nSPS) is 18.7. The first-order valence-electron chi connectivity index (χ1n) is 5.34. The van der Waals surface area contributed by atoms with Crippen LogP contribution < -0.4 is 0 Å². The average Bonchev–Trinajstić information content (AvgIpc) is 2.31. The number of hydrogen-bond donors (Lipinski definition) is 0. The van der Waals surface area contributed by atoms with E-state index in [1.165, 1.54) is 23.1 Å². The average molecular weight is 336 g/mol. The molecule has 0 aromatic heterocycles. The quantitative estimate of drug-likeness (QED) is 0.780. The van der Waals surface area contributed by atoms with Crippen molar-refractivity contribution in [1.82, 2.24) is 4.90 Å². The van der Waals surface area contributed by atoms with Gasteiger partial charge in [-0.25, -0.2) is 12.8 Å². The molecule has 2 rings (SSSR count). The molecule has 1 heterocycles. The van der Waals surface area contributed by atoms with Crippen LogP contribution in [0.15, 0.2) is 22.7 Å². The van der Waals surface area contributed by atoms with E-state index >= 15 is 0 Å². The summed E-state index contributed by atoms with van der Waals surface area (Å²) in [6.07, 6.45) is 0. The predicted molar refractivity (Wildman–Crippen MR) is 68.7 cm³/mol. The Bertz CT molecular complexity index is 574. The van der Waals surface area contributed by atoms with E-state index in [4.69, 9.17) is 0 Å². The van der Waals surface area contributed by atoms with Crippen LogP contribution in [0, 0.1) is 5.82 Å². The Morgan fingerprint density at radius 1 is 1.28 bits per heavy atom. The van der Waals surface area contributed by atoms with Gasteiger partial charge >= 0.3 is 0 Å². The first kappa shape index (κ1) is 13.5. The number of amides is 1. The van der Waals surface area contributed by atoms with Crippen molar-refractivity contribution in [3.05, 3.63) is 34.1 Å². The van der Waals surface area contributed by atoms with Crippen molar-refractivity contribution in [3.8, 4) is 0 Å². The lowest BCUT2D eigenvalue weighted by atomic mass is 10.2. The van der Waals surface area contributed by atoms with E-state index in [1.54, 1.807) is 0 Å². The summed E-state index contributed by atoms with van der Waals surface area (Å²) in [6, 6.07) is 4.12. The number of benzene rings is 1. The zero-order chi connectivity index (χ0) is 13.3. The van der Waals surface area contributed by atoms with Crippen LogP contribution in [-0.2, 0) is 9.84 Å². The van der Waals surface area contributed by atoms with Crippen molar-refractivity contribution >= 4 is 31.7 Å². The van der Waals surface area contributed by atoms with Gasteiger partial charge in [-0.2, -0.15) is 0 Å². The Kier molecular flexibility index (Phi) is 3.72. The SMILES string of the molecule is O=C(c1cc(Br)ccc1F)N1CCS(=O)(=O)CC1. The zero-order valence-electron chi connectivity index (χ0n) is 9.40. The summed E-state index contributed by atoms with van der Waals surface area (Å²) < 4.78 is 36.7. The van der Waals surface area contributed by atoms with Crippen LogP contribution in [0.5, 0.6) is 0 Å². The van der Waals surface area contributed by atoms with Crippen LogP contribution in [0.3, 0.4) is 0 Å². The van der Waals surface area contributed by atoms with Crippen LogP contribution in [0.1, 0.15) is 10.4 Å². The van der Waals surface area contributed by atoms with Crippen molar-refractivity contribution in [1.29, 1.82) is 0 Å². The first-order chi connectivity index (χ1) is 8.39. The molecular formula is C11H11BrFNO3S. The molecule has 1 amide bonds. The molecule has 1 aliphatic rings. The molecule has 0 aliphatic carbocycles. The molecule has 0 radical (unpaired) electrons. The van der Waals surface area contributed by atoms with Gasteiger partial charge < -0.3 is 4.90 Å². The Labute approximate surface area is 113 Å². The van der Waals surface area contributed by atoms with E-state index in [0.29, 0.717) is 4.47 Å². The Balaban J connectivity index is 2.20. The van der Waals surface area contributed by atoms with Gasteiger partial charge in [-0.3, -0.25) is 4.79 Å². The number of carbonyl (C=O) groups is 1. The predicted octanol–water partition coefficient (Wildman–Crippen LogP) is 1.46. The van der Waals surface area contributed by atoms with Crippen molar-refractivity contribution in [2.75, 3.05) is 24.6 Å². The maximum atomic E-state index is 13.5. The van der Waals surface area contributed by atoms with Gasteiger partial charge in [-0.05, 0) is 18.2 Å². The van der Waals surface area contributed by atoms with E-state index < -0.39 is 21.6 Å². The van der Waals surface area contributed by atoms with E-state index in [-0.39, 0.29) is 30.2 Å². The minimum Gasteiger partial charge on any atom is -0.337 e. The van der Waals surface area contributed by atoms with Crippen molar-refractivity contribution in [3.63, 3.8) is 0 Å². The van der Waals surface area contributed by atoms with Gasteiger partial charge in [0.05, 0.1) is 17.1 Å². The van der Waals surface area contributed by atoms with Gasteiger partial charge in [-0.1, -0.05) is 15.9 Å². The summed E-state index contributed by atoms with van der Waals surface area (Å²) >= 11 is 3.17. The highest BCUT2D eigenvalue weighted by molar-refractivity contribution is 9.10. The number of hydrogen-bond acceptors (Lipinski definition) is 3. The molecule has 0 unspecified atom stereocenters. The number of rotatable bonds is 1. The summed E-state index contributed by atoms with van der Waals surface area (Å²) in [5.41, 5.74) is -0.0383. The molecule has 1 aromatic carbocycles. The summed E-state index contributed by atoms with van der Waals surface area (Å²) in [7, 11) is -3.05. The fraction of sp³-hybridized carbons (Fsp3) is 0.364. The molecule has 1 saturated heterocycles. The van der Waals surface area contributed by atoms with E-state index in [2.05, 4.69) is 15.9 Å². The number of carbonyl (C=O) groups excluding carboxylic acids is 1. The lowest BCUT2D eigenvalue weighted by Gasteiger charge is -2.26. The minimum absolute atomic E-state index is 0.0383. The van der Waals surface area contributed by atoms with Crippen LogP contribution >= 0.6 is 15.9 Å². The molecule has 4 nitrogen and oxygen atoms in total. The van der Waals surface area contributed by atoms with Crippen LogP contribution in [0.2, 0.25) is 0 Å². The van der Waals surface area contributed by atoms with Gasteiger partial charge in [0.15, 0.2) is 9.84 Å². The van der Waals surface area contributed by atoms with Crippen molar-refractivity contribution < 1.29 is 17.6 Å². The van der Waals surface area contributed by atoms with E-state index in [0.717, 1.165) is 0 Å². The molecule has 0 bridgehead atoms. The van der Waals surface area contributed by atoms with Crippen LogP contribution in [-0.4, -0.2) is 43.8 Å². The zero-order valence-corrected chi connectivity index (χ0v) is 11.8. The summed E-state index contributed by atoms with van der Waals surface area (Å²) in [5, 5.41) is 0. The Hall–Kier alpha value is -0.950. The van der Waals surface area contributed by atoms with Crippen LogP contribution in [0.25, 0.3) is 0 Å². The highest BCUT2D eigenvalue weighted by atomic mass is 79.9. The first-order valence-corrected chi connectivity index (χ1v) is 7.95. The number of nitrogens with zero attached hydrogens (tertiary/aromatic N) is 1. The van der Waals surface area contributed by atoms with Crippen molar-refractivity contribution in [2.45, 2.75) is 0 Å². The molecule has 0 atom stereocenters. The van der Waals surface area contributed by atoms with Crippen molar-refractivity contribution in [2.24, 2.45) is 0 Å². The van der Waals surface area contributed by atoms with Crippen LogP contribution in [0.4, 0.5) is 4.39 Å².